The van der Waals surface area contributed by atoms with E-state index in [-0.39, 0.29) is 4.75 Å². The Balaban J connectivity index is 2.14. The Morgan fingerprint density at radius 3 is 2.47 bits per heavy atom. The standard InChI is InChI=1S/C15H24OS/c1-12-11-14(13-7-5-4-6-8-13)9-10-15(12,2)17(3)16/h9-13H,4-8H2,1-3H3. The summed E-state index contributed by atoms with van der Waals surface area (Å²) in [7, 11) is -0.799. The zero-order valence-electron chi connectivity index (χ0n) is 11.2. The van der Waals surface area contributed by atoms with Crippen LogP contribution >= 0.6 is 0 Å². The van der Waals surface area contributed by atoms with Crippen LogP contribution in [0.3, 0.4) is 0 Å². The molecule has 3 unspecified atom stereocenters. The van der Waals surface area contributed by atoms with Gasteiger partial charge in [-0.15, -0.1) is 0 Å². The predicted octanol–water partition coefficient (Wildman–Crippen LogP) is 3.84. The molecule has 0 bridgehead atoms. The quantitative estimate of drug-likeness (QED) is 0.730. The van der Waals surface area contributed by atoms with Gasteiger partial charge in [-0.25, -0.2) is 0 Å². The monoisotopic (exact) mass is 252 g/mol. The van der Waals surface area contributed by atoms with Crippen LogP contribution in [-0.2, 0) is 10.8 Å². The summed E-state index contributed by atoms with van der Waals surface area (Å²) in [5.74, 6) is 1.15. The summed E-state index contributed by atoms with van der Waals surface area (Å²) in [6.45, 7) is 4.31. The molecule has 0 spiro atoms. The third-order valence-electron chi connectivity index (χ3n) is 4.65. The summed E-state index contributed by atoms with van der Waals surface area (Å²) in [6, 6.07) is 0. The zero-order valence-corrected chi connectivity index (χ0v) is 12.1. The number of allylic oxidation sites excluding steroid dienone is 3. The Morgan fingerprint density at radius 1 is 1.29 bits per heavy atom. The molecule has 1 fully saturated rings. The third kappa shape index (κ3) is 2.57. The maximum absolute atomic E-state index is 11.8. The second-order valence-corrected chi connectivity index (χ2v) is 7.55. The highest BCUT2D eigenvalue weighted by Crippen LogP contribution is 2.37. The minimum absolute atomic E-state index is 0.168. The van der Waals surface area contributed by atoms with Crippen LogP contribution in [-0.4, -0.2) is 15.2 Å². The fraction of sp³-hybridized carbons (Fsp3) is 0.733. The average molecular weight is 252 g/mol. The third-order valence-corrected chi connectivity index (χ3v) is 6.40. The van der Waals surface area contributed by atoms with Gasteiger partial charge < -0.3 is 0 Å². The van der Waals surface area contributed by atoms with E-state index in [0.29, 0.717) is 5.92 Å². The van der Waals surface area contributed by atoms with Crippen LogP contribution in [0.25, 0.3) is 0 Å². The first-order chi connectivity index (χ1) is 8.04. The smallest absolute Gasteiger partial charge is 0.0670 e. The van der Waals surface area contributed by atoms with E-state index in [0.717, 1.165) is 5.92 Å². The van der Waals surface area contributed by atoms with Crippen molar-refractivity contribution in [2.24, 2.45) is 11.8 Å². The van der Waals surface area contributed by atoms with Crippen LogP contribution in [0.4, 0.5) is 0 Å². The Morgan fingerprint density at radius 2 is 1.94 bits per heavy atom. The van der Waals surface area contributed by atoms with Crippen molar-refractivity contribution in [3.63, 3.8) is 0 Å². The van der Waals surface area contributed by atoms with Gasteiger partial charge in [0.2, 0.25) is 0 Å². The summed E-state index contributed by atoms with van der Waals surface area (Å²) in [5.41, 5.74) is 1.50. The Labute approximate surface area is 108 Å². The van der Waals surface area contributed by atoms with E-state index in [2.05, 4.69) is 32.1 Å². The summed E-state index contributed by atoms with van der Waals surface area (Å²) >= 11 is 0. The van der Waals surface area contributed by atoms with Crippen molar-refractivity contribution >= 4 is 10.8 Å². The van der Waals surface area contributed by atoms with Crippen LogP contribution < -0.4 is 0 Å². The molecule has 96 valence electrons. The molecule has 2 heteroatoms. The minimum atomic E-state index is -0.799. The van der Waals surface area contributed by atoms with Crippen molar-refractivity contribution in [3.05, 3.63) is 23.8 Å². The first kappa shape index (κ1) is 13.1. The molecule has 0 aliphatic heterocycles. The van der Waals surface area contributed by atoms with Crippen LogP contribution in [0.15, 0.2) is 23.8 Å². The lowest BCUT2D eigenvalue weighted by Gasteiger charge is -2.34. The molecule has 3 atom stereocenters. The Hall–Kier alpha value is -0.370. The molecule has 0 N–H and O–H groups in total. The van der Waals surface area contributed by atoms with Crippen molar-refractivity contribution in [2.75, 3.05) is 6.26 Å². The second kappa shape index (κ2) is 5.09. The van der Waals surface area contributed by atoms with Gasteiger partial charge in [0.15, 0.2) is 0 Å². The average Bonchev–Trinajstić information content (AvgIpc) is 2.33. The van der Waals surface area contributed by atoms with E-state index in [9.17, 15) is 4.21 Å². The maximum atomic E-state index is 11.8. The Bertz CT molecular complexity index is 363. The fourth-order valence-corrected chi connectivity index (χ4v) is 3.84. The van der Waals surface area contributed by atoms with E-state index in [1.54, 1.807) is 0 Å². The van der Waals surface area contributed by atoms with Gasteiger partial charge in [0.25, 0.3) is 0 Å². The molecule has 0 radical (unpaired) electrons. The number of hydrogen-bond acceptors (Lipinski definition) is 1. The molecule has 0 amide bonds. The van der Waals surface area contributed by atoms with Gasteiger partial charge in [0.05, 0.1) is 4.75 Å². The van der Waals surface area contributed by atoms with Crippen LogP contribution in [0, 0.1) is 11.8 Å². The molecule has 0 heterocycles. The molecule has 0 aromatic carbocycles. The van der Waals surface area contributed by atoms with Gasteiger partial charge >= 0.3 is 0 Å². The molecule has 1 saturated carbocycles. The highest BCUT2D eigenvalue weighted by molar-refractivity contribution is 7.85. The second-order valence-electron chi connectivity index (χ2n) is 5.76. The van der Waals surface area contributed by atoms with Gasteiger partial charge in [-0.1, -0.05) is 44.4 Å². The molecular formula is C15H24OS. The molecule has 0 aromatic heterocycles. The van der Waals surface area contributed by atoms with E-state index < -0.39 is 10.8 Å². The van der Waals surface area contributed by atoms with Gasteiger partial charge in [-0.05, 0) is 37.2 Å². The van der Waals surface area contributed by atoms with Crippen LogP contribution in [0.5, 0.6) is 0 Å². The molecule has 17 heavy (non-hydrogen) atoms. The van der Waals surface area contributed by atoms with E-state index in [1.165, 1.54) is 37.7 Å². The summed E-state index contributed by atoms with van der Waals surface area (Å²) in [5, 5.41) is 0. The lowest BCUT2D eigenvalue weighted by atomic mass is 9.78. The largest absolute Gasteiger partial charge is 0.259 e. The number of rotatable bonds is 2. The lowest BCUT2D eigenvalue weighted by molar-refractivity contribution is 0.402. The van der Waals surface area contributed by atoms with Crippen LogP contribution in [0.2, 0.25) is 0 Å². The van der Waals surface area contributed by atoms with Gasteiger partial charge in [0.1, 0.15) is 0 Å². The minimum Gasteiger partial charge on any atom is -0.259 e. The molecule has 2 aliphatic carbocycles. The first-order valence-electron chi connectivity index (χ1n) is 6.78. The van der Waals surface area contributed by atoms with Crippen molar-refractivity contribution in [3.8, 4) is 0 Å². The summed E-state index contributed by atoms with van der Waals surface area (Å²) in [6.07, 6.45) is 15.5. The topological polar surface area (TPSA) is 17.1 Å². The number of hydrogen-bond donors (Lipinski definition) is 0. The molecule has 1 nitrogen and oxygen atoms in total. The van der Waals surface area contributed by atoms with E-state index in [4.69, 9.17) is 0 Å². The molecule has 0 saturated heterocycles. The SMILES string of the molecule is CC1C=C(C2CCCCC2)C=CC1(C)S(C)=O. The maximum Gasteiger partial charge on any atom is 0.0670 e. The van der Waals surface area contributed by atoms with E-state index >= 15 is 0 Å². The lowest BCUT2D eigenvalue weighted by Crippen LogP contribution is -2.36. The first-order valence-corrected chi connectivity index (χ1v) is 8.34. The van der Waals surface area contributed by atoms with E-state index in [1.807, 2.05) is 6.26 Å². The van der Waals surface area contributed by atoms with Crippen molar-refractivity contribution in [1.82, 2.24) is 0 Å². The Kier molecular flexibility index (Phi) is 3.92. The zero-order chi connectivity index (χ0) is 12.5. The summed E-state index contributed by atoms with van der Waals surface area (Å²) in [4.78, 5) is 0. The summed E-state index contributed by atoms with van der Waals surface area (Å²) < 4.78 is 11.7. The normalized spacial score (nSPS) is 36.6. The van der Waals surface area contributed by atoms with Gasteiger partial charge in [-0.3, -0.25) is 4.21 Å². The van der Waals surface area contributed by atoms with Crippen molar-refractivity contribution < 1.29 is 4.21 Å². The highest BCUT2D eigenvalue weighted by Gasteiger charge is 2.34. The van der Waals surface area contributed by atoms with Gasteiger partial charge in [0, 0.05) is 17.1 Å². The molecule has 0 aromatic rings. The van der Waals surface area contributed by atoms with Crippen molar-refractivity contribution in [2.45, 2.75) is 50.7 Å². The molecule has 2 rings (SSSR count). The molecular weight excluding hydrogens is 228 g/mol. The highest BCUT2D eigenvalue weighted by atomic mass is 32.2. The predicted molar refractivity (Wildman–Crippen MR) is 75.4 cm³/mol. The van der Waals surface area contributed by atoms with Crippen molar-refractivity contribution in [1.29, 1.82) is 0 Å². The fourth-order valence-electron chi connectivity index (χ4n) is 2.99. The van der Waals surface area contributed by atoms with Gasteiger partial charge in [-0.2, -0.15) is 0 Å². The van der Waals surface area contributed by atoms with Crippen LogP contribution in [0.1, 0.15) is 46.0 Å². The molecule has 2 aliphatic rings.